The lowest BCUT2D eigenvalue weighted by molar-refractivity contribution is -0.131. The summed E-state index contributed by atoms with van der Waals surface area (Å²) in [7, 11) is 0. The van der Waals surface area contributed by atoms with Crippen molar-refractivity contribution in [2.24, 2.45) is 17.3 Å². The van der Waals surface area contributed by atoms with Gasteiger partial charge >= 0.3 is 0 Å². The summed E-state index contributed by atoms with van der Waals surface area (Å²) in [6.45, 7) is 4.45. The van der Waals surface area contributed by atoms with Gasteiger partial charge in [0.1, 0.15) is 5.78 Å². The molecule has 78 valence electrons. The Bertz CT molecular complexity index is 266. The van der Waals surface area contributed by atoms with Crippen LogP contribution < -0.4 is 0 Å². The number of carbonyl (C=O) groups excluding carboxylic acids is 1. The molecule has 2 aliphatic carbocycles. The SMILES string of the molecule is CCC1CC=CC(C)C12CCCC2=O. The minimum absolute atomic E-state index is 0.0312. The average Bonchev–Trinajstić information content (AvgIpc) is 2.55. The van der Waals surface area contributed by atoms with E-state index in [0.29, 0.717) is 17.6 Å². The summed E-state index contributed by atoms with van der Waals surface area (Å²) in [5, 5.41) is 0. The highest BCUT2D eigenvalue weighted by Crippen LogP contribution is 2.52. The van der Waals surface area contributed by atoms with Gasteiger partial charge in [-0.3, -0.25) is 4.79 Å². The zero-order valence-corrected chi connectivity index (χ0v) is 9.25. The number of ketones is 1. The van der Waals surface area contributed by atoms with Crippen LogP contribution in [0.1, 0.15) is 46.0 Å². The molecule has 0 N–H and O–H groups in total. The number of allylic oxidation sites excluding steroid dienone is 2. The molecule has 1 fully saturated rings. The number of rotatable bonds is 1. The van der Waals surface area contributed by atoms with Gasteiger partial charge in [-0.2, -0.15) is 0 Å². The number of hydrogen-bond acceptors (Lipinski definition) is 1. The minimum Gasteiger partial charge on any atom is -0.299 e. The summed E-state index contributed by atoms with van der Waals surface area (Å²) in [6.07, 6.45) is 9.89. The minimum atomic E-state index is 0.0312. The van der Waals surface area contributed by atoms with Crippen molar-refractivity contribution in [2.75, 3.05) is 0 Å². The van der Waals surface area contributed by atoms with Crippen LogP contribution in [0.3, 0.4) is 0 Å². The molecular weight excluding hydrogens is 172 g/mol. The third-order valence-electron chi connectivity index (χ3n) is 4.39. The van der Waals surface area contributed by atoms with Gasteiger partial charge in [-0.25, -0.2) is 0 Å². The second kappa shape index (κ2) is 3.52. The van der Waals surface area contributed by atoms with Crippen LogP contribution in [0.15, 0.2) is 12.2 Å². The van der Waals surface area contributed by atoms with Crippen LogP contribution in [-0.4, -0.2) is 5.78 Å². The van der Waals surface area contributed by atoms with Crippen LogP contribution in [-0.2, 0) is 4.79 Å². The van der Waals surface area contributed by atoms with Gasteiger partial charge in [-0.15, -0.1) is 0 Å². The van der Waals surface area contributed by atoms with Gasteiger partial charge in [-0.05, 0) is 31.1 Å². The summed E-state index contributed by atoms with van der Waals surface area (Å²) in [6, 6.07) is 0. The molecule has 0 radical (unpaired) electrons. The molecule has 0 aliphatic heterocycles. The van der Waals surface area contributed by atoms with Crippen LogP contribution in [0.25, 0.3) is 0 Å². The van der Waals surface area contributed by atoms with E-state index in [4.69, 9.17) is 0 Å². The summed E-state index contributed by atoms with van der Waals surface area (Å²) in [5.74, 6) is 1.62. The van der Waals surface area contributed by atoms with E-state index in [1.54, 1.807) is 0 Å². The van der Waals surface area contributed by atoms with E-state index in [2.05, 4.69) is 26.0 Å². The molecule has 0 aromatic carbocycles. The van der Waals surface area contributed by atoms with Gasteiger partial charge in [0, 0.05) is 11.8 Å². The van der Waals surface area contributed by atoms with Crippen molar-refractivity contribution in [1.82, 2.24) is 0 Å². The first-order chi connectivity index (χ1) is 6.71. The molecule has 3 unspecified atom stereocenters. The standard InChI is InChI=1S/C13H20O/c1-3-11-7-4-6-10(2)13(11)9-5-8-12(13)14/h4,6,10-11H,3,5,7-9H2,1-2H3. The first kappa shape index (κ1) is 9.95. The number of hydrogen-bond donors (Lipinski definition) is 0. The Morgan fingerprint density at radius 2 is 2.36 bits per heavy atom. The molecule has 0 heterocycles. The van der Waals surface area contributed by atoms with Crippen LogP contribution in [0, 0.1) is 17.3 Å². The van der Waals surface area contributed by atoms with E-state index in [-0.39, 0.29) is 5.41 Å². The maximum atomic E-state index is 12.1. The predicted molar refractivity (Wildman–Crippen MR) is 58.0 cm³/mol. The highest BCUT2D eigenvalue weighted by atomic mass is 16.1. The van der Waals surface area contributed by atoms with Crippen molar-refractivity contribution in [3.05, 3.63) is 12.2 Å². The van der Waals surface area contributed by atoms with Gasteiger partial charge in [0.15, 0.2) is 0 Å². The first-order valence-electron chi connectivity index (χ1n) is 5.91. The molecule has 0 aromatic rings. The molecule has 0 amide bonds. The van der Waals surface area contributed by atoms with Crippen molar-refractivity contribution in [2.45, 2.75) is 46.0 Å². The average molecular weight is 192 g/mol. The second-order valence-corrected chi connectivity index (χ2v) is 4.87. The Morgan fingerprint density at radius 1 is 1.57 bits per heavy atom. The lowest BCUT2D eigenvalue weighted by atomic mass is 9.61. The van der Waals surface area contributed by atoms with E-state index < -0.39 is 0 Å². The lowest BCUT2D eigenvalue weighted by Gasteiger charge is -2.42. The third-order valence-corrected chi connectivity index (χ3v) is 4.39. The largest absolute Gasteiger partial charge is 0.299 e. The van der Waals surface area contributed by atoms with E-state index in [0.717, 1.165) is 32.1 Å². The molecule has 3 atom stereocenters. The molecule has 14 heavy (non-hydrogen) atoms. The Kier molecular flexibility index (Phi) is 2.50. The van der Waals surface area contributed by atoms with Crippen molar-refractivity contribution in [3.63, 3.8) is 0 Å². The fraction of sp³-hybridized carbons (Fsp3) is 0.769. The number of Topliss-reactive ketones (excluding diaryl/α,β-unsaturated/α-hetero) is 1. The molecular formula is C13H20O. The normalized spacial score (nSPS) is 42.3. The van der Waals surface area contributed by atoms with E-state index >= 15 is 0 Å². The summed E-state index contributed by atoms with van der Waals surface area (Å²) >= 11 is 0. The maximum absolute atomic E-state index is 12.1. The Labute approximate surface area is 86.6 Å². The summed E-state index contributed by atoms with van der Waals surface area (Å²) in [4.78, 5) is 12.1. The maximum Gasteiger partial charge on any atom is 0.139 e. The summed E-state index contributed by atoms with van der Waals surface area (Å²) in [5.41, 5.74) is 0.0312. The van der Waals surface area contributed by atoms with E-state index in [9.17, 15) is 4.79 Å². The predicted octanol–water partition coefficient (Wildman–Crippen LogP) is 3.35. The quantitative estimate of drug-likeness (QED) is 0.582. The highest BCUT2D eigenvalue weighted by molar-refractivity contribution is 5.87. The fourth-order valence-electron chi connectivity index (χ4n) is 3.56. The van der Waals surface area contributed by atoms with Gasteiger partial charge < -0.3 is 0 Å². The molecule has 2 rings (SSSR count). The molecule has 1 heteroatoms. The molecule has 0 bridgehead atoms. The third kappa shape index (κ3) is 1.18. The van der Waals surface area contributed by atoms with Gasteiger partial charge in [0.05, 0.1) is 0 Å². The molecule has 1 nitrogen and oxygen atoms in total. The molecule has 0 aromatic heterocycles. The summed E-state index contributed by atoms with van der Waals surface area (Å²) < 4.78 is 0. The van der Waals surface area contributed by atoms with E-state index in [1.165, 1.54) is 0 Å². The monoisotopic (exact) mass is 192 g/mol. The Morgan fingerprint density at radius 3 is 2.93 bits per heavy atom. The fourth-order valence-corrected chi connectivity index (χ4v) is 3.56. The zero-order chi connectivity index (χ0) is 10.2. The van der Waals surface area contributed by atoms with Crippen molar-refractivity contribution in [1.29, 1.82) is 0 Å². The van der Waals surface area contributed by atoms with Crippen LogP contribution >= 0.6 is 0 Å². The Hall–Kier alpha value is -0.590. The van der Waals surface area contributed by atoms with E-state index in [1.807, 2.05) is 0 Å². The molecule has 2 aliphatic rings. The first-order valence-corrected chi connectivity index (χ1v) is 5.91. The topological polar surface area (TPSA) is 17.1 Å². The number of carbonyl (C=O) groups is 1. The van der Waals surface area contributed by atoms with Gasteiger partial charge in [0.25, 0.3) is 0 Å². The van der Waals surface area contributed by atoms with Crippen molar-refractivity contribution in [3.8, 4) is 0 Å². The highest BCUT2D eigenvalue weighted by Gasteiger charge is 2.50. The van der Waals surface area contributed by atoms with Crippen LogP contribution in [0.5, 0.6) is 0 Å². The van der Waals surface area contributed by atoms with Crippen molar-refractivity contribution >= 4 is 5.78 Å². The smallest absolute Gasteiger partial charge is 0.139 e. The van der Waals surface area contributed by atoms with Gasteiger partial charge in [-0.1, -0.05) is 32.4 Å². The van der Waals surface area contributed by atoms with Crippen molar-refractivity contribution < 1.29 is 4.79 Å². The molecule has 1 spiro atoms. The zero-order valence-electron chi connectivity index (χ0n) is 9.25. The second-order valence-electron chi connectivity index (χ2n) is 4.87. The Balaban J connectivity index is 2.36. The van der Waals surface area contributed by atoms with Gasteiger partial charge in [0.2, 0.25) is 0 Å². The van der Waals surface area contributed by atoms with Crippen LogP contribution in [0.2, 0.25) is 0 Å². The van der Waals surface area contributed by atoms with Crippen LogP contribution in [0.4, 0.5) is 0 Å². The molecule has 0 saturated heterocycles. The lowest BCUT2D eigenvalue weighted by Crippen LogP contribution is -2.41. The molecule has 1 saturated carbocycles.